The van der Waals surface area contributed by atoms with Crippen LogP contribution in [0.1, 0.15) is 36.9 Å². The molecule has 0 radical (unpaired) electrons. The Balaban J connectivity index is 1.99. The second-order valence-electron chi connectivity index (χ2n) is 7.93. The molecule has 1 heterocycles. The molecule has 0 unspecified atom stereocenters. The van der Waals surface area contributed by atoms with Crippen LogP contribution in [0.15, 0.2) is 60.2 Å². The van der Waals surface area contributed by atoms with Gasteiger partial charge in [-0.05, 0) is 63.3 Å². The minimum atomic E-state index is -0.650. The molecule has 1 N–H and O–H groups in total. The quantitative estimate of drug-likeness (QED) is 0.378. The molecule has 0 saturated carbocycles. The number of likely N-dealkylation sites (tertiary alicyclic amines) is 1. The third-order valence-corrected chi connectivity index (χ3v) is 5.26. The van der Waals surface area contributed by atoms with Gasteiger partial charge in [0.2, 0.25) is 0 Å². The first kappa shape index (κ1) is 22.6. The molecule has 1 atom stereocenters. The van der Waals surface area contributed by atoms with Crippen molar-refractivity contribution in [3.8, 4) is 5.75 Å². The summed E-state index contributed by atoms with van der Waals surface area (Å²) in [5, 5.41) is 11.1. The fraction of sp³-hybridized carbons (Fsp3) is 0.360. The lowest BCUT2D eigenvalue weighted by molar-refractivity contribution is -0.139. The van der Waals surface area contributed by atoms with Crippen LogP contribution in [0.3, 0.4) is 0 Å². The average molecular weight is 423 g/mol. The Morgan fingerprint density at radius 1 is 1.06 bits per heavy atom. The maximum atomic E-state index is 13.0. The van der Waals surface area contributed by atoms with E-state index in [0.717, 1.165) is 24.9 Å². The minimum absolute atomic E-state index is 0.128. The molecule has 2 aromatic carbocycles. The van der Waals surface area contributed by atoms with Gasteiger partial charge >= 0.3 is 0 Å². The number of carbonyl (C=O) groups excluding carboxylic acids is 2. The summed E-state index contributed by atoms with van der Waals surface area (Å²) in [5.74, 6) is -0.689. The number of benzene rings is 2. The second-order valence-corrected chi connectivity index (χ2v) is 7.93. The Hall–Kier alpha value is -3.12. The largest absolute Gasteiger partial charge is 0.507 e. The van der Waals surface area contributed by atoms with Crippen LogP contribution in [0.25, 0.3) is 5.76 Å². The van der Waals surface area contributed by atoms with Gasteiger partial charge in [-0.1, -0.05) is 37.3 Å². The minimum Gasteiger partial charge on any atom is -0.507 e. The summed E-state index contributed by atoms with van der Waals surface area (Å²) < 4.78 is 5.59. The zero-order valence-corrected chi connectivity index (χ0v) is 18.4. The molecule has 1 aliphatic rings. The van der Waals surface area contributed by atoms with Gasteiger partial charge in [0.1, 0.15) is 11.5 Å². The summed E-state index contributed by atoms with van der Waals surface area (Å²) in [6.07, 6.45) is 1.63. The zero-order chi connectivity index (χ0) is 22.4. The third-order valence-electron chi connectivity index (χ3n) is 5.26. The summed E-state index contributed by atoms with van der Waals surface area (Å²) in [4.78, 5) is 29.5. The molecule has 1 saturated heterocycles. The topological polar surface area (TPSA) is 70.1 Å². The molecule has 1 fully saturated rings. The highest BCUT2D eigenvalue weighted by Gasteiger charge is 2.45. The van der Waals surface area contributed by atoms with Crippen molar-refractivity contribution in [1.82, 2.24) is 9.80 Å². The second kappa shape index (κ2) is 10.3. The lowest BCUT2D eigenvalue weighted by atomic mass is 9.95. The van der Waals surface area contributed by atoms with Crippen molar-refractivity contribution in [3.63, 3.8) is 0 Å². The molecule has 0 bridgehead atoms. The Bertz CT molecular complexity index is 936. The normalized spacial score (nSPS) is 18.1. The molecule has 6 nitrogen and oxygen atoms in total. The van der Waals surface area contributed by atoms with E-state index in [1.165, 1.54) is 0 Å². The van der Waals surface area contributed by atoms with E-state index in [-0.39, 0.29) is 11.3 Å². The van der Waals surface area contributed by atoms with Gasteiger partial charge in [0.25, 0.3) is 11.7 Å². The van der Waals surface area contributed by atoms with E-state index < -0.39 is 17.7 Å². The van der Waals surface area contributed by atoms with Crippen LogP contribution in [-0.2, 0) is 9.59 Å². The lowest BCUT2D eigenvalue weighted by Crippen LogP contribution is -2.32. The molecule has 164 valence electrons. The first-order valence-electron chi connectivity index (χ1n) is 10.6. The first-order valence-corrected chi connectivity index (χ1v) is 10.6. The van der Waals surface area contributed by atoms with Crippen molar-refractivity contribution in [3.05, 3.63) is 71.3 Å². The molecule has 0 aliphatic carbocycles. The van der Waals surface area contributed by atoms with E-state index >= 15 is 0 Å². The van der Waals surface area contributed by atoms with Crippen LogP contribution in [0.4, 0.5) is 0 Å². The zero-order valence-electron chi connectivity index (χ0n) is 18.4. The van der Waals surface area contributed by atoms with Gasteiger partial charge in [0.05, 0.1) is 18.2 Å². The molecule has 2 aromatic rings. The number of nitrogens with zero attached hydrogens (tertiary/aromatic N) is 2. The Morgan fingerprint density at radius 2 is 1.74 bits per heavy atom. The average Bonchev–Trinajstić information content (AvgIpc) is 3.03. The number of hydrogen-bond donors (Lipinski definition) is 1. The summed E-state index contributed by atoms with van der Waals surface area (Å²) >= 11 is 0. The predicted octanol–water partition coefficient (Wildman–Crippen LogP) is 3.85. The molecule has 0 spiro atoms. The van der Waals surface area contributed by atoms with E-state index in [9.17, 15) is 14.7 Å². The summed E-state index contributed by atoms with van der Waals surface area (Å²) in [5.41, 5.74) is 1.41. The highest BCUT2D eigenvalue weighted by molar-refractivity contribution is 6.46. The van der Waals surface area contributed by atoms with Gasteiger partial charge in [0, 0.05) is 12.1 Å². The number of aliphatic hydroxyl groups is 1. The number of ketones is 1. The lowest BCUT2D eigenvalue weighted by Gasteiger charge is -2.26. The standard InChI is InChI=1S/C25H30N2O4/c1-4-17-31-20-13-11-19(12-14-20)23(28)21-22(18-9-6-5-7-10-18)27(25(30)24(21)29)16-8-15-26(2)3/h5-7,9-14,22,28H,4,8,15-17H2,1-3H3/t22-/m1/s1. The molecule has 6 heteroatoms. The van der Waals surface area contributed by atoms with Gasteiger partial charge < -0.3 is 19.6 Å². The van der Waals surface area contributed by atoms with E-state index in [1.807, 2.05) is 56.3 Å². The van der Waals surface area contributed by atoms with Crippen molar-refractivity contribution >= 4 is 17.4 Å². The van der Waals surface area contributed by atoms with Crippen LogP contribution >= 0.6 is 0 Å². The monoisotopic (exact) mass is 422 g/mol. The number of hydrogen-bond acceptors (Lipinski definition) is 5. The van der Waals surface area contributed by atoms with Crippen molar-refractivity contribution in [2.24, 2.45) is 0 Å². The number of amides is 1. The van der Waals surface area contributed by atoms with Crippen molar-refractivity contribution in [2.45, 2.75) is 25.8 Å². The van der Waals surface area contributed by atoms with Crippen LogP contribution in [-0.4, -0.2) is 60.4 Å². The highest BCUT2D eigenvalue weighted by atomic mass is 16.5. The van der Waals surface area contributed by atoms with Crippen molar-refractivity contribution in [1.29, 1.82) is 0 Å². The van der Waals surface area contributed by atoms with E-state index in [1.54, 1.807) is 29.2 Å². The predicted molar refractivity (Wildman–Crippen MR) is 121 cm³/mol. The van der Waals surface area contributed by atoms with Crippen LogP contribution < -0.4 is 4.74 Å². The highest BCUT2D eigenvalue weighted by Crippen LogP contribution is 2.39. The fourth-order valence-corrected chi connectivity index (χ4v) is 3.73. The number of ether oxygens (including phenoxy) is 1. The maximum Gasteiger partial charge on any atom is 0.295 e. The summed E-state index contributed by atoms with van der Waals surface area (Å²) in [6, 6.07) is 15.7. The number of aliphatic hydroxyl groups excluding tert-OH is 1. The summed E-state index contributed by atoms with van der Waals surface area (Å²) in [6.45, 7) is 3.87. The molecular formula is C25H30N2O4. The van der Waals surface area contributed by atoms with Crippen LogP contribution in [0.2, 0.25) is 0 Å². The Morgan fingerprint density at radius 3 is 2.35 bits per heavy atom. The van der Waals surface area contributed by atoms with Gasteiger partial charge in [-0.15, -0.1) is 0 Å². The number of Topliss-reactive ketones (excluding diaryl/α,β-unsaturated/α-hetero) is 1. The van der Waals surface area contributed by atoms with Gasteiger partial charge in [-0.3, -0.25) is 9.59 Å². The SMILES string of the molecule is CCCOc1ccc(C(O)=C2C(=O)C(=O)N(CCCN(C)C)[C@@H]2c2ccccc2)cc1. The first-order chi connectivity index (χ1) is 14.9. The molecule has 1 amide bonds. The Kier molecular flexibility index (Phi) is 7.47. The molecule has 3 rings (SSSR count). The van der Waals surface area contributed by atoms with E-state index in [0.29, 0.717) is 24.5 Å². The molecule has 31 heavy (non-hydrogen) atoms. The maximum absolute atomic E-state index is 13.0. The van der Waals surface area contributed by atoms with Crippen LogP contribution in [0, 0.1) is 0 Å². The third kappa shape index (κ3) is 5.14. The van der Waals surface area contributed by atoms with Crippen molar-refractivity contribution < 1.29 is 19.4 Å². The van der Waals surface area contributed by atoms with E-state index in [4.69, 9.17) is 4.74 Å². The van der Waals surface area contributed by atoms with E-state index in [2.05, 4.69) is 0 Å². The fourth-order valence-electron chi connectivity index (χ4n) is 3.73. The van der Waals surface area contributed by atoms with Crippen LogP contribution in [0.5, 0.6) is 5.75 Å². The smallest absolute Gasteiger partial charge is 0.295 e. The molecular weight excluding hydrogens is 392 g/mol. The molecule has 0 aromatic heterocycles. The van der Waals surface area contributed by atoms with Gasteiger partial charge in [-0.2, -0.15) is 0 Å². The van der Waals surface area contributed by atoms with Gasteiger partial charge in [-0.25, -0.2) is 0 Å². The number of rotatable bonds is 9. The number of carbonyl (C=O) groups is 2. The summed E-state index contributed by atoms with van der Waals surface area (Å²) in [7, 11) is 3.94. The Labute approximate surface area is 183 Å². The molecule has 1 aliphatic heterocycles. The van der Waals surface area contributed by atoms with Gasteiger partial charge in [0.15, 0.2) is 0 Å². The van der Waals surface area contributed by atoms with Crippen molar-refractivity contribution in [2.75, 3.05) is 33.8 Å².